The molecule has 4 aliphatic rings. The van der Waals surface area contributed by atoms with Gasteiger partial charge in [-0.2, -0.15) is 0 Å². The standard InChI is InChI=1S/C26H33N5O4S2.C23H27N5O5S2.C23H29N5O3S2.C16H24N4OS2.C7H4ClNO4.C3H3ClO.4CH4/c1-5-21(32)29-17-8-10-19(11-9-17)34-25(33)31-12-6-7-18(15-31)30-24-28-14-23(37-24)36-16-22-27-13-20(35-22)26(2,3)4;1-23(2,3)18-11-24-19(33-18)14-34-20-12-25-21(35-20)26-15-5-4-10-27(13-15)22(29)32-17-8-6-16(7-9-17)28(30)31;1-23(2,3)18-11-25-19(31-18)14-32-20-12-26-21(33-20)27-16-5-4-10-28(13-16)22(29)30-17-8-6-15(24)7-9-17;1-16(2,3)12-8-18-13(21-12)10-22-14-9-19-15(23-14)20-11-5-4-6-17-7-11;8-7(10)13-6-3-1-5(2-4-6)9(11)12;1-2-3(4)5;;;;/h8-11,13-14,18H,5-7,12,15-16H2,1-4H3,(H,28,30)(H,29,32);6-9,11-12,15H,4-5,10,13-14H2,1-3H3,(H,25,26);6-9,11-12,16H,4-5,10,13-14,24H2,1-3H3,(H,26,27);8-9,11,17H,4-7,10H2,1-3H3,(H,19,20);1-4H;2H,1H2;4*1H4/t18-;15-;16-;11-;;;;;;/m1111....../s1. The SMILES string of the molecule is C.C.C.C.C=CC(=O)Cl.CC(C)(C)c1cnc(CSc2cnc(N[C@@H]3CCCN(C(=O)Oc4ccc(N)cc4)C3)s2)o1.CC(C)(C)c1cnc(CSc2cnc(N[C@@H]3CCCN(C(=O)Oc4ccc([N+](=O)[O-])cc4)C3)s2)o1.CC(C)(C)c1cnc(CSc2cnc(N[C@@H]3CCCNC3)s2)o1.CCC(=O)Nc1ccc(OC(=O)N2CCC[C@@H](Nc3ncc(SCc4ncc(C(C)(C)C)o4)s3)C2)cc1.O=C(Cl)Oc1ccc([N+](=O)[O-])cc1. The topological polar surface area (TPSA) is 489 Å². The Bertz CT molecular complexity index is 6230. The molecule has 814 valence electrons. The molecule has 48 heteroatoms. The third-order valence-electron chi connectivity index (χ3n) is 21.5. The van der Waals surface area contributed by atoms with Gasteiger partial charge in [-0.3, -0.25) is 29.8 Å². The van der Waals surface area contributed by atoms with Crippen molar-refractivity contribution >= 4 is 194 Å². The zero-order valence-corrected chi connectivity index (χ0v) is 91.1. The third kappa shape index (κ3) is 42.4. The first-order valence-electron chi connectivity index (χ1n) is 46.8. The number of ether oxygens (including phenoxy) is 4. The molecule has 150 heavy (non-hydrogen) atoms. The van der Waals surface area contributed by atoms with Crippen molar-refractivity contribution in [1.82, 2.24) is 59.9 Å². The van der Waals surface area contributed by atoms with Gasteiger partial charge in [-0.1, -0.05) is 172 Å². The smallest absolute Gasteiger partial charge is 0.415 e. The number of nitrogens with one attached hydrogen (secondary N) is 6. The summed E-state index contributed by atoms with van der Waals surface area (Å²) in [6.07, 6.45) is 22.8. The molecule has 0 saturated carbocycles. The second-order valence-corrected chi connectivity index (χ2v) is 47.4. The lowest BCUT2D eigenvalue weighted by atomic mass is 9.94. The molecule has 12 heterocycles. The number of nitrogens with zero attached hydrogens (tertiary/aromatic N) is 13. The maximum Gasteiger partial charge on any atom is 0.415 e. The van der Waals surface area contributed by atoms with Crippen LogP contribution in [0.2, 0.25) is 0 Å². The van der Waals surface area contributed by atoms with Crippen LogP contribution in [0.5, 0.6) is 23.0 Å². The first kappa shape index (κ1) is 125. The van der Waals surface area contributed by atoms with E-state index in [9.17, 15) is 49.0 Å². The predicted molar refractivity (Wildman–Crippen MR) is 602 cm³/mol. The van der Waals surface area contributed by atoms with Crippen molar-refractivity contribution in [1.29, 1.82) is 0 Å². The first-order valence-corrected chi connectivity index (χ1v) is 54.7. The van der Waals surface area contributed by atoms with E-state index in [0.29, 0.717) is 104 Å². The fraction of sp³-hybridized carbons (Fsp3) is 0.451. The van der Waals surface area contributed by atoms with Crippen LogP contribution in [-0.4, -0.2) is 176 Å². The lowest BCUT2D eigenvalue weighted by Crippen LogP contribution is -2.46. The quantitative estimate of drug-likeness (QED) is 0.00571. The molecule has 16 rings (SSSR count). The molecule has 0 radical (unpaired) electrons. The van der Waals surface area contributed by atoms with E-state index in [1.807, 2.05) is 37.2 Å². The molecular formula is C102H136Cl2N20O18S8. The third-order valence-corrected chi connectivity index (χ3v) is 30.2. The summed E-state index contributed by atoms with van der Waals surface area (Å²) in [5, 5.41) is 44.0. The number of nitro groups is 2. The number of amides is 4. The molecule has 8 N–H and O–H groups in total. The van der Waals surface area contributed by atoms with Gasteiger partial charge in [0.05, 0.1) is 99.3 Å². The maximum absolute atomic E-state index is 12.7. The van der Waals surface area contributed by atoms with Crippen molar-refractivity contribution in [3.05, 3.63) is 226 Å². The highest BCUT2D eigenvalue weighted by Crippen LogP contribution is 2.39. The van der Waals surface area contributed by atoms with Crippen molar-refractivity contribution in [2.45, 2.75) is 263 Å². The summed E-state index contributed by atoms with van der Waals surface area (Å²) in [7, 11) is 0. The number of piperidine rings is 4. The van der Waals surface area contributed by atoms with Crippen LogP contribution in [-0.2, 0) is 54.3 Å². The molecular weight excluding hydrogens is 2120 g/mol. The number of nitrogen functional groups attached to an aromatic ring is 1. The fourth-order valence-corrected chi connectivity index (χ4v) is 21.0. The number of allylic oxidation sites excluding steroid dienone is 1. The van der Waals surface area contributed by atoms with E-state index < -0.39 is 26.6 Å². The summed E-state index contributed by atoms with van der Waals surface area (Å²) < 4.78 is 48.7. The van der Waals surface area contributed by atoms with Gasteiger partial charge < -0.3 is 89.0 Å². The average molecular weight is 2260 g/mol. The molecule has 0 unspecified atom stereocenters. The molecule has 4 fully saturated rings. The zero-order valence-electron chi connectivity index (χ0n) is 83.1. The van der Waals surface area contributed by atoms with Crippen LogP contribution in [0, 0.1) is 20.2 Å². The van der Waals surface area contributed by atoms with E-state index in [1.54, 1.807) is 175 Å². The van der Waals surface area contributed by atoms with Gasteiger partial charge in [-0.25, -0.2) is 59.0 Å². The van der Waals surface area contributed by atoms with Gasteiger partial charge in [0, 0.05) is 145 Å². The van der Waals surface area contributed by atoms with Gasteiger partial charge in [0.1, 0.15) is 46.0 Å². The van der Waals surface area contributed by atoms with E-state index in [1.165, 1.54) is 65.6 Å². The minimum absolute atomic E-state index is 0. The number of carbonyl (C=O) groups excluding carboxylic acids is 6. The van der Waals surface area contributed by atoms with Crippen molar-refractivity contribution in [2.75, 3.05) is 84.7 Å². The Morgan fingerprint density at radius 1 is 0.447 bits per heavy atom. The number of hydrogen-bond donors (Lipinski definition) is 7. The van der Waals surface area contributed by atoms with Crippen molar-refractivity contribution in [2.24, 2.45) is 0 Å². The number of thioether (sulfide) groups is 4. The molecule has 0 aliphatic carbocycles. The Hall–Kier alpha value is -11.9. The van der Waals surface area contributed by atoms with Crippen LogP contribution >= 0.6 is 116 Å². The van der Waals surface area contributed by atoms with Gasteiger partial charge in [0.15, 0.2) is 20.5 Å². The van der Waals surface area contributed by atoms with Crippen LogP contribution in [0.25, 0.3) is 0 Å². The summed E-state index contributed by atoms with van der Waals surface area (Å²) in [5.74, 6) is 10.5. The highest BCUT2D eigenvalue weighted by atomic mass is 35.5. The molecule has 4 saturated heterocycles. The number of nitro benzene ring substituents is 2. The normalized spacial score (nSPS) is 15.3. The molecule has 4 amide bonds. The number of likely N-dealkylation sites (tertiary alicyclic amines) is 3. The monoisotopic (exact) mass is 2250 g/mol. The van der Waals surface area contributed by atoms with Crippen LogP contribution < -0.4 is 56.6 Å². The van der Waals surface area contributed by atoms with Crippen LogP contribution in [0.4, 0.5) is 62.5 Å². The van der Waals surface area contributed by atoms with Crippen molar-refractivity contribution < 1.29 is 75.2 Å². The Balaban J connectivity index is 0.000000256. The number of rotatable bonds is 29. The Morgan fingerprint density at radius 2 is 0.727 bits per heavy atom. The van der Waals surface area contributed by atoms with E-state index in [0.717, 1.165) is 131 Å². The molecule has 0 bridgehead atoms. The number of non-ortho nitro benzene ring substituents is 2. The number of nitrogens with two attached hydrogens (primary N) is 1. The number of oxazole rings is 4. The zero-order chi connectivity index (χ0) is 105. The van der Waals surface area contributed by atoms with Gasteiger partial charge >= 0.3 is 23.7 Å². The number of anilines is 6. The molecule has 0 spiro atoms. The fourth-order valence-electron chi connectivity index (χ4n) is 13.7. The average Bonchev–Trinajstić information content (AvgIpc) is 1.54. The van der Waals surface area contributed by atoms with Crippen molar-refractivity contribution in [3.8, 4) is 23.0 Å². The number of hydrogen-bond acceptors (Lipinski definition) is 40. The highest BCUT2D eigenvalue weighted by Gasteiger charge is 2.32. The Morgan fingerprint density at radius 3 is 0.987 bits per heavy atom. The second kappa shape index (κ2) is 60.4. The molecule has 8 aromatic heterocycles. The summed E-state index contributed by atoms with van der Waals surface area (Å²) in [6.45, 7) is 35.8. The largest absolute Gasteiger partial charge is 0.444 e. The van der Waals surface area contributed by atoms with Crippen LogP contribution in [0.15, 0.2) is 194 Å². The highest BCUT2D eigenvalue weighted by molar-refractivity contribution is 8.01. The lowest BCUT2D eigenvalue weighted by Gasteiger charge is -2.32. The van der Waals surface area contributed by atoms with Gasteiger partial charge in [-0.15, -0.1) is 47.0 Å². The number of aromatic nitrogens is 8. The maximum atomic E-state index is 12.7. The first-order chi connectivity index (χ1) is 69.5. The number of benzene rings is 4. The lowest BCUT2D eigenvalue weighted by molar-refractivity contribution is -0.385. The Kier molecular flexibility index (Phi) is 50.4. The van der Waals surface area contributed by atoms with Crippen molar-refractivity contribution in [3.63, 3.8) is 0 Å². The summed E-state index contributed by atoms with van der Waals surface area (Å²) in [6, 6.07) is 24.9. The van der Waals surface area contributed by atoms with Crippen LogP contribution in [0.3, 0.4) is 0 Å². The van der Waals surface area contributed by atoms with E-state index in [2.05, 4.69) is 166 Å². The van der Waals surface area contributed by atoms with E-state index in [-0.39, 0.29) is 110 Å². The summed E-state index contributed by atoms with van der Waals surface area (Å²) >= 11 is 22.7. The predicted octanol–water partition coefficient (Wildman–Crippen LogP) is 26.9. The number of carbonyl (C=O) groups is 6. The minimum atomic E-state index is -0.978. The molecule has 4 aromatic carbocycles. The number of thiazole rings is 4. The second-order valence-electron chi connectivity index (χ2n) is 37.5. The Labute approximate surface area is 918 Å². The van der Waals surface area contributed by atoms with E-state index >= 15 is 0 Å². The van der Waals surface area contributed by atoms with Gasteiger partial charge in [0.2, 0.25) is 34.7 Å². The van der Waals surface area contributed by atoms with E-state index in [4.69, 9.17) is 60.8 Å². The summed E-state index contributed by atoms with van der Waals surface area (Å²) in [5.41, 5.74) is 5.71. The number of halogens is 2. The molecule has 12 aromatic rings. The van der Waals surface area contributed by atoms with Gasteiger partial charge in [0.25, 0.3) is 11.4 Å². The summed E-state index contributed by atoms with van der Waals surface area (Å²) in [4.78, 5) is 130. The molecule has 4 atom stereocenters. The minimum Gasteiger partial charge on any atom is -0.444 e. The van der Waals surface area contributed by atoms with Crippen LogP contribution in [0.1, 0.15) is 224 Å². The molecule has 4 aliphatic heterocycles. The molecule has 38 nitrogen and oxygen atoms in total. The van der Waals surface area contributed by atoms with Gasteiger partial charge in [-0.05, 0) is 148 Å².